The first-order valence-electron chi connectivity index (χ1n) is 10.3. The number of carbonyl (C=O) groups is 4. The highest BCUT2D eigenvalue weighted by molar-refractivity contribution is 6.53. The molecule has 1 heterocycles. The van der Waals surface area contributed by atoms with Crippen LogP contribution >= 0.6 is 11.6 Å². The lowest BCUT2D eigenvalue weighted by Crippen LogP contribution is -2.36. The van der Waals surface area contributed by atoms with Crippen molar-refractivity contribution in [3.63, 3.8) is 0 Å². The minimum Gasteiger partial charge on any atom is -0.452 e. The van der Waals surface area contributed by atoms with Crippen LogP contribution < -0.4 is 0 Å². The number of Topliss-reactive ketones (excluding diaryl/α,β-unsaturated/α-hetero) is 4. The lowest BCUT2D eigenvalue weighted by atomic mass is 9.70. The summed E-state index contributed by atoms with van der Waals surface area (Å²) in [6, 6.07) is 19.8. The number of allylic oxidation sites excluding steroid dienone is 3. The maximum Gasteiger partial charge on any atom is 0.234 e. The number of hydrogen-bond acceptors (Lipinski definition) is 5. The first-order chi connectivity index (χ1) is 16.0. The fourth-order valence-corrected chi connectivity index (χ4v) is 4.94. The van der Waals surface area contributed by atoms with E-state index in [0.717, 1.165) is 0 Å². The maximum atomic E-state index is 13.6. The average molecular weight is 453 g/mol. The molecule has 0 amide bonds. The molecule has 1 unspecified atom stereocenters. The van der Waals surface area contributed by atoms with Gasteiger partial charge in [0.1, 0.15) is 5.76 Å². The van der Waals surface area contributed by atoms with Crippen molar-refractivity contribution in [3.8, 4) is 0 Å². The maximum absolute atomic E-state index is 13.6. The third-order valence-corrected chi connectivity index (χ3v) is 6.42. The number of halogens is 1. The van der Waals surface area contributed by atoms with Gasteiger partial charge in [-0.25, -0.2) is 0 Å². The second kappa shape index (κ2) is 6.95. The Balaban J connectivity index is 1.68. The van der Waals surface area contributed by atoms with Gasteiger partial charge in [0.2, 0.25) is 17.3 Å². The Morgan fingerprint density at radius 1 is 0.576 bits per heavy atom. The highest BCUT2D eigenvalue weighted by Crippen LogP contribution is 2.50. The van der Waals surface area contributed by atoms with Crippen molar-refractivity contribution in [3.05, 3.63) is 123 Å². The zero-order chi connectivity index (χ0) is 22.9. The summed E-state index contributed by atoms with van der Waals surface area (Å²) < 4.78 is 6.04. The van der Waals surface area contributed by atoms with E-state index in [9.17, 15) is 19.2 Å². The molecule has 3 aliphatic rings. The summed E-state index contributed by atoms with van der Waals surface area (Å²) in [5.41, 5.74) is 1.69. The Bertz CT molecular complexity index is 1520. The van der Waals surface area contributed by atoms with E-state index in [1.807, 2.05) is 0 Å². The Kier molecular flexibility index (Phi) is 4.13. The van der Waals surface area contributed by atoms with Gasteiger partial charge in [-0.3, -0.25) is 19.2 Å². The fourth-order valence-electron chi connectivity index (χ4n) is 4.75. The van der Waals surface area contributed by atoms with Crippen molar-refractivity contribution >= 4 is 40.5 Å². The molecule has 6 heteroatoms. The van der Waals surface area contributed by atoms with Gasteiger partial charge in [0.25, 0.3) is 0 Å². The van der Waals surface area contributed by atoms with Crippen LogP contribution in [0.2, 0.25) is 5.02 Å². The zero-order valence-electron chi connectivity index (χ0n) is 16.9. The second-order valence-electron chi connectivity index (χ2n) is 7.98. The van der Waals surface area contributed by atoms with Gasteiger partial charge in [0.15, 0.2) is 11.5 Å². The number of rotatable bonds is 1. The van der Waals surface area contributed by atoms with Gasteiger partial charge in [-0.05, 0) is 17.7 Å². The number of fused-ring (bicyclic) bond motifs is 3. The van der Waals surface area contributed by atoms with Crippen molar-refractivity contribution in [1.82, 2.24) is 0 Å². The number of hydrogen-bond donors (Lipinski definition) is 0. The molecular formula is C27H13ClO5. The fraction of sp³-hybridized carbons (Fsp3) is 0.0370. The van der Waals surface area contributed by atoms with Gasteiger partial charge in [0.05, 0.1) is 11.1 Å². The summed E-state index contributed by atoms with van der Waals surface area (Å²) in [6.07, 6.45) is 0. The van der Waals surface area contributed by atoms with Crippen molar-refractivity contribution < 1.29 is 23.9 Å². The summed E-state index contributed by atoms with van der Waals surface area (Å²) >= 11 is 6.24. The molecule has 158 valence electrons. The number of ketones is 4. The van der Waals surface area contributed by atoms with E-state index in [4.69, 9.17) is 16.3 Å². The lowest BCUT2D eigenvalue weighted by molar-refractivity contribution is -0.112. The van der Waals surface area contributed by atoms with Crippen molar-refractivity contribution in [2.75, 3.05) is 0 Å². The summed E-state index contributed by atoms with van der Waals surface area (Å²) in [5, 5.41) is 0.397. The van der Waals surface area contributed by atoms with Crippen LogP contribution in [-0.4, -0.2) is 23.1 Å². The van der Waals surface area contributed by atoms with Gasteiger partial charge < -0.3 is 4.74 Å². The molecule has 0 radical (unpaired) electrons. The van der Waals surface area contributed by atoms with Crippen LogP contribution in [0, 0.1) is 0 Å². The molecule has 5 nitrogen and oxygen atoms in total. The molecule has 1 atom stereocenters. The van der Waals surface area contributed by atoms with Crippen molar-refractivity contribution in [2.45, 2.75) is 5.92 Å². The van der Waals surface area contributed by atoms with Gasteiger partial charge in [-0.2, -0.15) is 0 Å². The summed E-state index contributed by atoms with van der Waals surface area (Å²) in [7, 11) is 0. The number of carbonyl (C=O) groups excluding carboxylic acids is 4. The molecule has 0 spiro atoms. The van der Waals surface area contributed by atoms with Crippen LogP contribution in [-0.2, 0) is 9.53 Å². The first-order valence-corrected chi connectivity index (χ1v) is 10.6. The Morgan fingerprint density at radius 3 is 1.82 bits per heavy atom. The molecule has 3 aromatic rings. The summed E-state index contributed by atoms with van der Waals surface area (Å²) in [5.74, 6) is -3.29. The molecular weight excluding hydrogens is 440 g/mol. The van der Waals surface area contributed by atoms with Crippen LogP contribution in [0.15, 0.2) is 89.7 Å². The molecule has 33 heavy (non-hydrogen) atoms. The van der Waals surface area contributed by atoms with Crippen molar-refractivity contribution in [2.24, 2.45) is 0 Å². The molecule has 2 aliphatic carbocycles. The van der Waals surface area contributed by atoms with E-state index in [1.165, 1.54) is 0 Å². The Labute approximate surface area is 192 Å². The minimum atomic E-state index is -0.975. The van der Waals surface area contributed by atoms with Crippen LogP contribution in [0.25, 0.3) is 5.76 Å². The molecule has 0 saturated carbocycles. The molecule has 0 bridgehead atoms. The molecule has 0 saturated heterocycles. The third-order valence-electron chi connectivity index (χ3n) is 6.19. The van der Waals surface area contributed by atoms with E-state index >= 15 is 0 Å². The first kappa shape index (κ1) is 19.6. The smallest absolute Gasteiger partial charge is 0.234 e. The second-order valence-corrected chi connectivity index (χ2v) is 8.42. The lowest BCUT2D eigenvalue weighted by Gasteiger charge is -2.35. The normalized spacial score (nSPS) is 19.0. The average Bonchev–Trinajstić information content (AvgIpc) is 2.84. The monoisotopic (exact) mass is 452 g/mol. The number of benzene rings is 3. The predicted octanol–water partition coefficient (Wildman–Crippen LogP) is 4.96. The summed E-state index contributed by atoms with van der Waals surface area (Å²) in [6.45, 7) is 0. The highest BCUT2D eigenvalue weighted by Gasteiger charge is 2.49. The highest BCUT2D eigenvalue weighted by atomic mass is 35.5. The zero-order valence-corrected chi connectivity index (χ0v) is 17.7. The largest absolute Gasteiger partial charge is 0.452 e. The molecule has 0 N–H and O–H groups in total. The van der Waals surface area contributed by atoms with Crippen LogP contribution in [0.5, 0.6) is 0 Å². The van der Waals surface area contributed by atoms with E-state index < -0.39 is 29.1 Å². The van der Waals surface area contributed by atoms with Gasteiger partial charge >= 0.3 is 0 Å². The Hall–Kier alpha value is -4.09. The number of ether oxygens (including phenoxy) is 1. The minimum absolute atomic E-state index is 0.0419. The standard InChI is InChI=1S/C27H13ClO5/c28-14-7-5-6-13(12-14)19-20-22(29)15-8-1-2-9-16(15)24(31)27(20)33-26-18-11-4-3-10-17(18)23(30)25(32)21(19)26/h1-12,19H. The molecule has 3 aromatic carbocycles. The van der Waals surface area contributed by atoms with Crippen LogP contribution in [0.4, 0.5) is 0 Å². The Morgan fingerprint density at radius 2 is 1.15 bits per heavy atom. The molecule has 0 fully saturated rings. The van der Waals surface area contributed by atoms with E-state index in [1.54, 1.807) is 72.8 Å². The third kappa shape index (κ3) is 2.66. The van der Waals surface area contributed by atoms with Gasteiger partial charge in [0, 0.05) is 33.2 Å². The van der Waals surface area contributed by atoms with Crippen LogP contribution in [0.3, 0.4) is 0 Å². The predicted molar refractivity (Wildman–Crippen MR) is 120 cm³/mol. The van der Waals surface area contributed by atoms with Gasteiger partial charge in [-0.15, -0.1) is 0 Å². The van der Waals surface area contributed by atoms with Crippen molar-refractivity contribution in [1.29, 1.82) is 0 Å². The topological polar surface area (TPSA) is 77.5 Å². The summed E-state index contributed by atoms with van der Waals surface area (Å²) in [4.78, 5) is 53.4. The molecule has 1 aliphatic heterocycles. The van der Waals surface area contributed by atoms with E-state index in [2.05, 4.69) is 0 Å². The van der Waals surface area contributed by atoms with Crippen LogP contribution in [0.1, 0.15) is 48.1 Å². The SMILES string of the molecule is O=C1C(=O)c2ccccc2C2=C1C(c1cccc(Cl)c1)C1=C(O2)C(=O)c2ccccc2C1=O. The van der Waals surface area contributed by atoms with Gasteiger partial charge in [-0.1, -0.05) is 72.3 Å². The van der Waals surface area contributed by atoms with E-state index in [0.29, 0.717) is 16.1 Å². The molecule has 6 rings (SSSR count). The quantitative estimate of drug-likeness (QED) is 0.487. The van der Waals surface area contributed by atoms with E-state index in [-0.39, 0.29) is 39.4 Å². The molecule has 0 aromatic heterocycles.